The number of H-pyrrole nitrogens is 1. The van der Waals surface area contributed by atoms with E-state index in [2.05, 4.69) is 65.0 Å². The number of fused-ring (bicyclic) bond motifs is 2. The number of quaternary nitrogens is 1. The first-order valence-electron chi connectivity index (χ1n) is 7.54. The van der Waals surface area contributed by atoms with Gasteiger partial charge in [-0.2, -0.15) is 9.48 Å². The molecule has 1 N–H and O–H groups in total. The molecule has 0 spiro atoms. The molecule has 1 atom stereocenters. The lowest BCUT2D eigenvalue weighted by molar-refractivity contribution is 0.414. The summed E-state index contributed by atoms with van der Waals surface area (Å²) in [5, 5.41) is 4.89. The fourth-order valence-corrected chi connectivity index (χ4v) is 4.26. The molecule has 1 aromatic carbocycles. The van der Waals surface area contributed by atoms with E-state index in [0.29, 0.717) is 9.64 Å². The van der Waals surface area contributed by atoms with Crippen LogP contribution in [0.25, 0.3) is 10.9 Å². The van der Waals surface area contributed by atoms with E-state index in [9.17, 15) is 0 Å². The van der Waals surface area contributed by atoms with Gasteiger partial charge in [0.05, 0.1) is 5.52 Å². The van der Waals surface area contributed by atoms with Crippen molar-refractivity contribution in [3.8, 4) is 0 Å². The highest BCUT2D eigenvalue weighted by Crippen LogP contribution is 2.42. The molecule has 118 valence electrons. The van der Waals surface area contributed by atoms with Crippen LogP contribution in [0.4, 0.5) is 5.69 Å². The Morgan fingerprint density at radius 2 is 2.22 bits per heavy atom. The van der Waals surface area contributed by atoms with Gasteiger partial charge in [0.25, 0.3) is 5.17 Å². The number of rotatable bonds is 4. The van der Waals surface area contributed by atoms with Crippen LogP contribution in [0, 0.1) is 0 Å². The Kier molecular flexibility index (Phi) is 3.61. The summed E-state index contributed by atoms with van der Waals surface area (Å²) in [7, 11) is 4.20. The molecule has 0 aliphatic carbocycles. The summed E-state index contributed by atoms with van der Waals surface area (Å²) in [6, 6.07) is 6.58. The molecule has 0 fully saturated rings. The van der Waals surface area contributed by atoms with Gasteiger partial charge in [-0.3, -0.25) is 0 Å². The Morgan fingerprint density at radius 3 is 3.04 bits per heavy atom. The molecule has 6 heteroatoms. The van der Waals surface area contributed by atoms with Crippen molar-refractivity contribution in [1.29, 1.82) is 0 Å². The third-order valence-electron chi connectivity index (χ3n) is 4.31. The Bertz CT molecular complexity index is 865. The molecule has 0 saturated carbocycles. The second kappa shape index (κ2) is 5.53. The Hall–Kier alpha value is -1.53. The van der Waals surface area contributed by atoms with Gasteiger partial charge < -0.3 is 9.88 Å². The number of thioether (sulfide) groups is 1. The fraction of sp³-hybridized carbons (Fsp3) is 0.235. The van der Waals surface area contributed by atoms with Gasteiger partial charge in [-0.1, -0.05) is 11.6 Å². The van der Waals surface area contributed by atoms with E-state index >= 15 is 0 Å². The number of hydrogen-bond acceptors (Lipinski definition) is 3. The van der Waals surface area contributed by atoms with Crippen LogP contribution in [-0.4, -0.2) is 35.7 Å². The number of aromatic nitrogens is 1. The quantitative estimate of drug-likeness (QED) is 0.665. The van der Waals surface area contributed by atoms with E-state index in [-0.39, 0.29) is 0 Å². The highest BCUT2D eigenvalue weighted by molar-refractivity contribution is 8.16. The molecule has 2 aromatic rings. The maximum atomic E-state index is 6.15. The topological polar surface area (TPSA) is 31.4 Å². The minimum Gasteiger partial charge on any atom is -0.361 e. The summed E-state index contributed by atoms with van der Waals surface area (Å²) in [6.07, 6.45) is 7.26. The highest BCUT2D eigenvalue weighted by atomic mass is 35.5. The Balaban J connectivity index is 1.74. The molecule has 3 heterocycles. The van der Waals surface area contributed by atoms with Crippen molar-refractivity contribution in [3.05, 3.63) is 52.9 Å². The van der Waals surface area contributed by atoms with E-state index < -0.39 is 0 Å². The van der Waals surface area contributed by atoms with Gasteiger partial charge in [0.1, 0.15) is 6.20 Å². The number of amidine groups is 1. The maximum Gasteiger partial charge on any atom is 0.284 e. The van der Waals surface area contributed by atoms with E-state index in [1.54, 1.807) is 11.8 Å². The Morgan fingerprint density at radius 1 is 1.35 bits per heavy atom. The first-order valence-corrected chi connectivity index (χ1v) is 8.80. The maximum absolute atomic E-state index is 6.15. The van der Waals surface area contributed by atoms with Crippen LogP contribution in [0.3, 0.4) is 0 Å². The van der Waals surface area contributed by atoms with Crippen molar-refractivity contribution >= 4 is 45.1 Å². The molecule has 2 aliphatic rings. The van der Waals surface area contributed by atoms with Crippen molar-refractivity contribution in [2.75, 3.05) is 20.6 Å². The van der Waals surface area contributed by atoms with Crippen LogP contribution < -0.4 is 4.48 Å². The summed E-state index contributed by atoms with van der Waals surface area (Å²) < 4.78 is 0.492. The lowest BCUT2D eigenvalue weighted by atomic mass is 10.1. The zero-order valence-corrected chi connectivity index (χ0v) is 14.7. The number of hydrogen-bond donors (Lipinski definition) is 1. The number of aromatic amines is 1. The summed E-state index contributed by atoms with van der Waals surface area (Å²) in [6.45, 7) is 1.04. The van der Waals surface area contributed by atoms with E-state index in [4.69, 9.17) is 11.6 Å². The normalized spacial score (nSPS) is 22.8. The number of benzene rings is 1. The summed E-state index contributed by atoms with van der Waals surface area (Å²) in [5.41, 5.74) is 3.66. The Labute approximate surface area is 144 Å². The van der Waals surface area contributed by atoms with Gasteiger partial charge in [-0.15, -0.1) is 0 Å². The van der Waals surface area contributed by atoms with Crippen LogP contribution in [-0.2, 0) is 6.42 Å². The molecule has 0 saturated heterocycles. The summed E-state index contributed by atoms with van der Waals surface area (Å²) in [5.74, 6) is 0. The number of halogens is 1. The van der Waals surface area contributed by atoms with E-state index in [0.717, 1.165) is 29.3 Å². The van der Waals surface area contributed by atoms with Crippen molar-refractivity contribution in [2.24, 2.45) is 4.99 Å². The molecule has 23 heavy (non-hydrogen) atoms. The number of likely N-dealkylation sites (N-methyl/N-ethyl adjacent to an activating group) is 1. The third kappa shape index (κ3) is 2.44. The second-order valence-corrected chi connectivity index (χ2v) is 7.38. The molecule has 0 amide bonds. The molecule has 0 radical (unpaired) electrons. The van der Waals surface area contributed by atoms with Crippen LogP contribution in [0.5, 0.6) is 0 Å². The molecule has 4 nitrogen and oxygen atoms in total. The van der Waals surface area contributed by atoms with Gasteiger partial charge in [-0.25, -0.2) is 0 Å². The van der Waals surface area contributed by atoms with Crippen molar-refractivity contribution in [3.63, 3.8) is 0 Å². The average molecular weight is 346 g/mol. The zero-order chi connectivity index (χ0) is 16.0. The standard InChI is InChI=1S/C17H18ClN4S/c1-21(2)6-5-12-10-19-15-9-13(3-4-14(12)15)22-7-8-23-17(22)20-16(18)11-22/h3-4,7-11,19H,5-6H2,1-2H3/q+1. The molecular weight excluding hydrogens is 328 g/mol. The van der Waals surface area contributed by atoms with Crippen LogP contribution in [0.2, 0.25) is 0 Å². The smallest absolute Gasteiger partial charge is 0.284 e. The van der Waals surface area contributed by atoms with Gasteiger partial charge >= 0.3 is 0 Å². The van der Waals surface area contributed by atoms with Crippen LogP contribution in [0.1, 0.15) is 5.56 Å². The zero-order valence-electron chi connectivity index (χ0n) is 13.1. The van der Waals surface area contributed by atoms with E-state index in [1.165, 1.54) is 10.9 Å². The predicted molar refractivity (Wildman–Crippen MR) is 100 cm³/mol. The molecule has 1 unspecified atom stereocenters. The van der Waals surface area contributed by atoms with Crippen molar-refractivity contribution < 1.29 is 0 Å². The average Bonchev–Trinajstić information content (AvgIpc) is 3.16. The molecular formula is C17H18ClN4S+. The van der Waals surface area contributed by atoms with Crippen LogP contribution >= 0.6 is 23.4 Å². The molecule has 4 rings (SSSR count). The van der Waals surface area contributed by atoms with Gasteiger partial charge in [0.15, 0.2) is 17.0 Å². The van der Waals surface area contributed by atoms with Crippen molar-refractivity contribution in [2.45, 2.75) is 6.42 Å². The fourth-order valence-electron chi connectivity index (χ4n) is 3.06. The molecule has 0 bridgehead atoms. The first kappa shape index (κ1) is 15.0. The number of nitrogens with one attached hydrogen (secondary N) is 1. The van der Waals surface area contributed by atoms with Crippen LogP contribution in [0.15, 0.2) is 52.4 Å². The molecule has 1 aromatic heterocycles. The van der Waals surface area contributed by atoms with Gasteiger partial charge in [0.2, 0.25) is 0 Å². The van der Waals surface area contributed by atoms with E-state index in [1.807, 2.05) is 6.20 Å². The largest absolute Gasteiger partial charge is 0.361 e. The lowest BCUT2D eigenvalue weighted by Gasteiger charge is -2.22. The minimum absolute atomic E-state index is 0.492. The van der Waals surface area contributed by atoms with Gasteiger partial charge in [0, 0.05) is 35.7 Å². The lowest BCUT2D eigenvalue weighted by Crippen LogP contribution is -2.37. The van der Waals surface area contributed by atoms with Crippen molar-refractivity contribution in [1.82, 2.24) is 14.4 Å². The monoisotopic (exact) mass is 345 g/mol. The summed E-state index contributed by atoms with van der Waals surface area (Å²) in [4.78, 5) is 10.0. The summed E-state index contributed by atoms with van der Waals surface area (Å²) >= 11 is 7.77. The van der Waals surface area contributed by atoms with Gasteiger partial charge in [-0.05, 0) is 43.9 Å². The number of aliphatic imine (C=N–C) groups is 1. The minimum atomic E-state index is 0.492. The first-order chi connectivity index (χ1) is 11.1. The SMILES string of the molecule is CN(C)CCc1c[nH]c2cc([N+]34C=CSC3=NC(Cl)=C4)ccc12. The predicted octanol–water partition coefficient (Wildman–Crippen LogP) is 4.20. The number of nitrogens with zero attached hydrogens (tertiary/aromatic N) is 3. The highest BCUT2D eigenvalue weighted by Gasteiger charge is 2.42. The second-order valence-electron chi connectivity index (χ2n) is 6.12. The molecule has 2 aliphatic heterocycles. The third-order valence-corrected chi connectivity index (χ3v) is 5.35.